The lowest BCUT2D eigenvalue weighted by Gasteiger charge is -2.42. The molecule has 1 aliphatic heterocycles. The maximum atomic E-state index is 13.2. The molecule has 1 aliphatic rings. The van der Waals surface area contributed by atoms with Crippen LogP contribution >= 0.6 is 0 Å². The van der Waals surface area contributed by atoms with E-state index in [9.17, 15) is 9.18 Å². The van der Waals surface area contributed by atoms with Crippen LogP contribution in [-0.2, 0) is 0 Å². The Bertz CT molecular complexity index is 548. The fourth-order valence-electron chi connectivity index (χ4n) is 3.56. The van der Waals surface area contributed by atoms with Gasteiger partial charge in [0.25, 0.3) is 5.91 Å². The number of carbonyl (C=O) groups is 1. The van der Waals surface area contributed by atoms with Crippen molar-refractivity contribution in [1.29, 1.82) is 0 Å². The Balaban J connectivity index is 2.12. The quantitative estimate of drug-likeness (QED) is 0.905. The molecular weight excluding hydrogens is 295 g/mol. The van der Waals surface area contributed by atoms with Gasteiger partial charge in [0.15, 0.2) is 0 Å². The molecule has 128 valence electrons. The highest BCUT2D eigenvalue weighted by Crippen LogP contribution is 2.26. The highest BCUT2D eigenvalue weighted by atomic mass is 19.1. The average molecular weight is 322 g/mol. The third-order valence-corrected chi connectivity index (χ3v) is 4.80. The topological polar surface area (TPSA) is 43.8 Å². The van der Waals surface area contributed by atoms with Crippen molar-refractivity contribution in [2.24, 2.45) is 5.92 Å². The molecular formula is C18H27FN2O2. The minimum absolute atomic E-state index is 0.0197. The first-order valence-electron chi connectivity index (χ1n) is 8.26. The van der Waals surface area contributed by atoms with Crippen LogP contribution in [0, 0.1) is 18.7 Å². The summed E-state index contributed by atoms with van der Waals surface area (Å²) in [6, 6.07) is 4.76. The van der Waals surface area contributed by atoms with E-state index >= 15 is 0 Å². The third kappa shape index (κ3) is 4.30. The molecule has 0 bridgehead atoms. The van der Waals surface area contributed by atoms with Crippen molar-refractivity contribution < 1.29 is 14.3 Å². The molecule has 0 aliphatic carbocycles. The number of amides is 1. The zero-order valence-electron chi connectivity index (χ0n) is 14.3. The molecule has 23 heavy (non-hydrogen) atoms. The normalized spacial score (nSPS) is 21.7. The molecule has 1 fully saturated rings. The van der Waals surface area contributed by atoms with Crippen LogP contribution in [0.4, 0.5) is 4.39 Å². The Morgan fingerprint density at radius 3 is 2.78 bits per heavy atom. The predicted octanol–water partition coefficient (Wildman–Crippen LogP) is 2.30. The van der Waals surface area contributed by atoms with Crippen LogP contribution in [0.1, 0.15) is 35.2 Å². The summed E-state index contributed by atoms with van der Waals surface area (Å²) in [5.74, 6) is 0.0236. The van der Waals surface area contributed by atoms with Gasteiger partial charge in [0.1, 0.15) is 5.82 Å². The Morgan fingerprint density at radius 2 is 2.17 bits per heavy atom. The van der Waals surface area contributed by atoms with Gasteiger partial charge < -0.3 is 14.9 Å². The van der Waals surface area contributed by atoms with Crippen LogP contribution in [0.5, 0.6) is 0 Å². The number of hydrogen-bond acceptors (Lipinski definition) is 3. The highest BCUT2D eigenvalue weighted by Gasteiger charge is 2.32. The number of aliphatic hydroxyl groups excluding tert-OH is 1. The minimum Gasteiger partial charge on any atom is -0.396 e. The Labute approximate surface area is 137 Å². The largest absolute Gasteiger partial charge is 0.396 e. The van der Waals surface area contributed by atoms with Crippen molar-refractivity contribution in [2.45, 2.75) is 32.2 Å². The van der Waals surface area contributed by atoms with Crippen molar-refractivity contribution in [3.63, 3.8) is 0 Å². The molecule has 2 atom stereocenters. The van der Waals surface area contributed by atoms with E-state index in [0.29, 0.717) is 36.2 Å². The van der Waals surface area contributed by atoms with Crippen molar-refractivity contribution in [3.05, 3.63) is 35.1 Å². The smallest absolute Gasteiger partial charge is 0.254 e. The third-order valence-electron chi connectivity index (χ3n) is 4.80. The van der Waals surface area contributed by atoms with Gasteiger partial charge in [-0.1, -0.05) is 0 Å². The van der Waals surface area contributed by atoms with Crippen molar-refractivity contribution in [1.82, 2.24) is 9.80 Å². The number of aliphatic hydroxyl groups is 1. The number of aryl methyl sites for hydroxylation is 1. The number of rotatable bonds is 5. The molecule has 1 aromatic rings. The molecule has 1 aromatic carbocycles. The molecule has 0 spiro atoms. The molecule has 4 nitrogen and oxygen atoms in total. The summed E-state index contributed by atoms with van der Waals surface area (Å²) >= 11 is 0. The molecule has 2 rings (SSSR count). The SMILES string of the molecule is Cc1cc(F)ccc1C(=O)N1CC[C@H](N(C)C)[C@H](CCCO)C1. The zero-order chi connectivity index (χ0) is 17.0. The Hall–Kier alpha value is -1.46. The molecule has 0 radical (unpaired) electrons. The summed E-state index contributed by atoms with van der Waals surface area (Å²) in [7, 11) is 4.14. The van der Waals surface area contributed by atoms with Gasteiger partial charge in [-0.05, 0) is 70.0 Å². The average Bonchev–Trinajstić information content (AvgIpc) is 2.51. The van der Waals surface area contributed by atoms with E-state index < -0.39 is 0 Å². The van der Waals surface area contributed by atoms with Crippen molar-refractivity contribution in [2.75, 3.05) is 33.8 Å². The standard InChI is InChI=1S/C18H27FN2O2/c1-13-11-15(19)6-7-16(13)18(23)21-9-8-17(20(2)3)14(12-21)5-4-10-22/h6-7,11,14,17,22H,4-5,8-10,12H2,1-3H3/t14-,17+/m1/s1. The van der Waals surface area contributed by atoms with Gasteiger partial charge in [-0.15, -0.1) is 0 Å². The number of nitrogens with zero attached hydrogens (tertiary/aromatic N) is 2. The fraction of sp³-hybridized carbons (Fsp3) is 0.611. The first-order chi connectivity index (χ1) is 10.9. The van der Waals surface area contributed by atoms with Crippen LogP contribution in [0.15, 0.2) is 18.2 Å². The van der Waals surface area contributed by atoms with E-state index in [0.717, 1.165) is 19.3 Å². The maximum absolute atomic E-state index is 13.2. The highest BCUT2D eigenvalue weighted by molar-refractivity contribution is 5.95. The molecule has 0 aromatic heterocycles. The van der Waals surface area contributed by atoms with E-state index in [1.165, 1.54) is 12.1 Å². The monoisotopic (exact) mass is 322 g/mol. The lowest BCUT2D eigenvalue weighted by Crippen LogP contribution is -2.50. The second kappa shape index (κ2) is 7.88. The first-order valence-corrected chi connectivity index (χ1v) is 8.26. The summed E-state index contributed by atoms with van der Waals surface area (Å²) in [4.78, 5) is 16.9. The lowest BCUT2D eigenvalue weighted by atomic mass is 9.87. The van der Waals surface area contributed by atoms with Crippen LogP contribution in [0.3, 0.4) is 0 Å². The number of hydrogen-bond donors (Lipinski definition) is 1. The van der Waals surface area contributed by atoms with Crippen LogP contribution < -0.4 is 0 Å². The van der Waals surface area contributed by atoms with E-state index in [2.05, 4.69) is 19.0 Å². The molecule has 5 heteroatoms. The van der Waals surface area contributed by atoms with Crippen LogP contribution in [0.2, 0.25) is 0 Å². The summed E-state index contributed by atoms with van der Waals surface area (Å²) in [5, 5.41) is 9.11. The van der Waals surface area contributed by atoms with Crippen LogP contribution in [-0.4, -0.2) is 60.6 Å². The fourth-order valence-corrected chi connectivity index (χ4v) is 3.56. The van der Waals surface area contributed by atoms with Gasteiger partial charge in [-0.3, -0.25) is 4.79 Å². The Morgan fingerprint density at radius 1 is 1.43 bits per heavy atom. The molecule has 1 heterocycles. The van der Waals surface area contributed by atoms with E-state index in [1.807, 2.05) is 4.90 Å². The van der Waals surface area contributed by atoms with E-state index in [-0.39, 0.29) is 18.3 Å². The molecule has 1 saturated heterocycles. The van der Waals surface area contributed by atoms with Crippen molar-refractivity contribution >= 4 is 5.91 Å². The van der Waals surface area contributed by atoms with E-state index in [4.69, 9.17) is 5.11 Å². The van der Waals surface area contributed by atoms with Crippen molar-refractivity contribution in [3.8, 4) is 0 Å². The molecule has 0 saturated carbocycles. The Kier molecular flexibility index (Phi) is 6.13. The van der Waals surface area contributed by atoms with E-state index in [1.54, 1.807) is 13.0 Å². The van der Waals surface area contributed by atoms with Crippen LogP contribution in [0.25, 0.3) is 0 Å². The summed E-state index contributed by atoms with van der Waals surface area (Å²) in [5.41, 5.74) is 1.26. The van der Waals surface area contributed by atoms with Gasteiger partial charge >= 0.3 is 0 Å². The maximum Gasteiger partial charge on any atom is 0.254 e. The second-order valence-corrected chi connectivity index (χ2v) is 6.66. The number of piperidine rings is 1. The number of benzene rings is 1. The van der Waals surface area contributed by atoms with Gasteiger partial charge in [0, 0.05) is 31.3 Å². The van der Waals surface area contributed by atoms with Gasteiger partial charge in [0.05, 0.1) is 0 Å². The lowest BCUT2D eigenvalue weighted by molar-refractivity contribution is 0.0495. The zero-order valence-corrected chi connectivity index (χ0v) is 14.3. The van der Waals surface area contributed by atoms with Gasteiger partial charge in [-0.25, -0.2) is 4.39 Å². The summed E-state index contributed by atoms with van der Waals surface area (Å²) < 4.78 is 13.2. The second-order valence-electron chi connectivity index (χ2n) is 6.66. The number of carbonyl (C=O) groups excluding carboxylic acids is 1. The van der Waals surface area contributed by atoms with Gasteiger partial charge in [0.2, 0.25) is 0 Å². The first kappa shape index (κ1) is 17.9. The molecule has 1 N–H and O–H groups in total. The molecule has 0 unspecified atom stereocenters. The molecule has 1 amide bonds. The summed E-state index contributed by atoms with van der Waals surface area (Å²) in [6.07, 6.45) is 2.59. The van der Waals surface area contributed by atoms with Gasteiger partial charge in [-0.2, -0.15) is 0 Å². The number of likely N-dealkylation sites (tertiary alicyclic amines) is 1. The number of halogens is 1. The predicted molar refractivity (Wildman–Crippen MR) is 88.9 cm³/mol. The minimum atomic E-state index is -0.314. The summed E-state index contributed by atoms with van der Waals surface area (Å²) in [6.45, 7) is 3.36.